The molecule has 0 radical (unpaired) electrons. The summed E-state index contributed by atoms with van der Waals surface area (Å²) in [6.07, 6.45) is 0. The Morgan fingerprint density at radius 1 is 0.935 bits per heavy atom. The third kappa shape index (κ3) is 5.99. The minimum atomic E-state index is -0.303. The molecule has 3 aromatic carbocycles. The summed E-state index contributed by atoms with van der Waals surface area (Å²) in [5.74, 6) is -0.857. The molecule has 160 valence electrons. The molecule has 5 nitrogen and oxygen atoms in total. The molecule has 0 aliphatic rings. The van der Waals surface area contributed by atoms with E-state index in [0.29, 0.717) is 23.4 Å². The van der Waals surface area contributed by atoms with Crippen molar-refractivity contribution in [1.82, 2.24) is 10.2 Å². The van der Waals surface area contributed by atoms with Gasteiger partial charge in [-0.15, -0.1) is 0 Å². The summed E-state index contributed by atoms with van der Waals surface area (Å²) in [5, 5.41) is 5.68. The van der Waals surface area contributed by atoms with Crippen LogP contribution in [0.25, 0.3) is 0 Å². The van der Waals surface area contributed by atoms with Crippen molar-refractivity contribution < 1.29 is 14.0 Å². The average Bonchev–Trinajstić information content (AvgIpc) is 2.78. The van der Waals surface area contributed by atoms with Gasteiger partial charge in [0.15, 0.2) is 0 Å². The fourth-order valence-electron chi connectivity index (χ4n) is 3.27. The summed E-state index contributed by atoms with van der Waals surface area (Å²) in [4.78, 5) is 27.0. The van der Waals surface area contributed by atoms with Gasteiger partial charge in [0.05, 0.1) is 17.8 Å². The third-order valence-corrected chi connectivity index (χ3v) is 5.15. The molecule has 0 aromatic heterocycles. The zero-order valence-corrected chi connectivity index (χ0v) is 17.6. The Morgan fingerprint density at radius 3 is 2.32 bits per heavy atom. The van der Waals surface area contributed by atoms with Crippen molar-refractivity contribution in [2.24, 2.45) is 0 Å². The molecule has 0 saturated heterocycles. The van der Waals surface area contributed by atoms with Gasteiger partial charge in [-0.1, -0.05) is 60.7 Å². The molecule has 2 amide bonds. The maximum Gasteiger partial charge on any atom is 0.253 e. The lowest BCUT2D eigenvalue weighted by Crippen LogP contribution is -2.33. The van der Waals surface area contributed by atoms with E-state index in [-0.39, 0.29) is 30.2 Å². The lowest BCUT2D eigenvalue weighted by molar-refractivity contribution is -0.117. The molecule has 3 rings (SSSR count). The summed E-state index contributed by atoms with van der Waals surface area (Å²) in [5.41, 5.74) is 2.33. The van der Waals surface area contributed by atoms with Gasteiger partial charge in [-0.3, -0.25) is 14.5 Å². The highest BCUT2D eigenvalue weighted by Gasteiger charge is 2.19. The van der Waals surface area contributed by atoms with E-state index in [1.165, 1.54) is 6.07 Å². The van der Waals surface area contributed by atoms with Gasteiger partial charge in [-0.25, -0.2) is 4.39 Å². The van der Waals surface area contributed by atoms with E-state index in [1.807, 2.05) is 37.3 Å². The number of halogens is 1. The molecule has 0 aliphatic heterocycles. The largest absolute Gasteiger partial charge is 0.348 e. The van der Waals surface area contributed by atoms with Crippen LogP contribution in [0.3, 0.4) is 0 Å². The number of rotatable bonds is 8. The normalized spacial score (nSPS) is 11.7. The minimum Gasteiger partial charge on any atom is -0.348 e. The zero-order chi connectivity index (χ0) is 22.2. The molecule has 0 bridgehead atoms. The van der Waals surface area contributed by atoms with Gasteiger partial charge in [0.25, 0.3) is 5.91 Å². The summed E-state index contributed by atoms with van der Waals surface area (Å²) in [7, 11) is 1.76. The maximum atomic E-state index is 14.0. The number of para-hydroxylation sites is 1. The van der Waals surface area contributed by atoms with Crippen LogP contribution >= 0.6 is 0 Å². The van der Waals surface area contributed by atoms with Crippen molar-refractivity contribution in [1.29, 1.82) is 0 Å². The molecule has 0 spiro atoms. The maximum absolute atomic E-state index is 14.0. The monoisotopic (exact) mass is 419 g/mol. The second-order valence-corrected chi connectivity index (χ2v) is 7.37. The number of benzene rings is 3. The Hall–Kier alpha value is -3.51. The van der Waals surface area contributed by atoms with Crippen molar-refractivity contribution in [3.63, 3.8) is 0 Å². The molecule has 6 heteroatoms. The standard InChI is InChI=1S/C25H26FN3O2/c1-18(20-12-6-8-14-22(20)26)29(2)17-24(30)28-23-15-9-7-13-21(23)25(31)27-16-19-10-4-3-5-11-19/h3-15,18H,16-17H2,1-2H3,(H,27,31)(H,28,30). The molecule has 2 N–H and O–H groups in total. The number of hydrogen-bond acceptors (Lipinski definition) is 3. The predicted molar refractivity (Wildman–Crippen MR) is 120 cm³/mol. The molecule has 1 unspecified atom stereocenters. The average molecular weight is 420 g/mol. The highest BCUT2D eigenvalue weighted by molar-refractivity contribution is 6.04. The predicted octanol–water partition coefficient (Wildman–Crippen LogP) is 4.39. The van der Waals surface area contributed by atoms with Crippen LogP contribution in [0.2, 0.25) is 0 Å². The molecular formula is C25H26FN3O2. The summed E-state index contributed by atoms with van der Waals surface area (Å²) in [6.45, 7) is 2.29. The van der Waals surface area contributed by atoms with Crippen molar-refractivity contribution in [2.75, 3.05) is 18.9 Å². The van der Waals surface area contributed by atoms with Crippen LogP contribution in [0.5, 0.6) is 0 Å². The number of nitrogens with one attached hydrogen (secondary N) is 2. The minimum absolute atomic E-state index is 0.0511. The molecule has 31 heavy (non-hydrogen) atoms. The van der Waals surface area contributed by atoms with Crippen molar-refractivity contribution in [2.45, 2.75) is 19.5 Å². The number of anilines is 1. The first-order valence-corrected chi connectivity index (χ1v) is 10.1. The van der Waals surface area contributed by atoms with Gasteiger partial charge >= 0.3 is 0 Å². The molecule has 1 atom stereocenters. The van der Waals surface area contributed by atoms with Crippen molar-refractivity contribution in [3.05, 3.63) is 101 Å². The van der Waals surface area contributed by atoms with Crippen LogP contribution in [-0.4, -0.2) is 30.3 Å². The third-order valence-electron chi connectivity index (χ3n) is 5.15. The highest BCUT2D eigenvalue weighted by atomic mass is 19.1. The van der Waals surface area contributed by atoms with Gasteiger partial charge in [0.1, 0.15) is 5.82 Å². The number of hydrogen-bond donors (Lipinski definition) is 2. The number of carbonyl (C=O) groups is 2. The van der Waals surface area contributed by atoms with E-state index in [4.69, 9.17) is 0 Å². The molecule has 0 fully saturated rings. The van der Waals surface area contributed by atoms with Crippen molar-refractivity contribution in [3.8, 4) is 0 Å². The Kier molecular flexibility index (Phi) is 7.51. The smallest absolute Gasteiger partial charge is 0.253 e. The fraction of sp³-hybridized carbons (Fsp3) is 0.200. The quantitative estimate of drug-likeness (QED) is 0.569. The second-order valence-electron chi connectivity index (χ2n) is 7.37. The first kappa shape index (κ1) is 22.2. The van der Waals surface area contributed by atoms with E-state index in [0.717, 1.165) is 5.56 Å². The van der Waals surface area contributed by atoms with Gasteiger partial charge < -0.3 is 10.6 Å². The van der Waals surface area contributed by atoms with Crippen LogP contribution in [-0.2, 0) is 11.3 Å². The van der Waals surface area contributed by atoms with E-state index >= 15 is 0 Å². The molecule has 0 heterocycles. The van der Waals surface area contributed by atoms with Crippen LogP contribution < -0.4 is 10.6 Å². The number of amides is 2. The van der Waals surface area contributed by atoms with Crippen LogP contribution in [0.15, 0.2) is 78.9 Å². The van der Waals surface area contributed by atoms with Crippen molar-refractivity contribution >= 4 is 17.5 Å². The van der Waals surface area contributed by atoms with Gasteiger partial charge in [-0.05, 0) is 37.7 Å². The SMILES string of the molecule is CC(c1ccccc1F)N(C)CC(=O)Nc1ccccc1C(=O)NCc1ccccc1. The second kappa shape index (κ2) is 10.5. The van der Waals surface area contributed by atoms with E-state index in [1.54, 1.807) is 54.4 Å². The van der Waals surface area contributed by atoms with E-state index in [2.05, 4.69) is 10.6 Å². The lowest BCUT2D eigenvalue weighted by Gasteiger charge is -2.25. The van der Waals surface area contributed by atoms with Crippen LogP contribution in [0.4, 0.5) is 10.1 Å². The van der Waals surface area contributed by atoms with Gasteiger partial charge in [0.2, 0.25) is 5.91 Å². The Labute approximate surface area is 181 Å². The lowest BCUT2D eigenvalue weighted by atomic mass is 10.1. The highest BCUT2D eigenvalue weighted by Crippen LogP contribution is 2.22. The first-order chi connectivity index (χ1) is 15.0. The van der Waals surface area contributed by atoms with Gasteiger partial charge in [0, 0.05) is 18.2 Å². The van der Waals surface area contributed by atoms with E-state index in [9.17, 15) is 14.0 Å². The topological polar surface area (TPSA) is 61.4 Å². The number of carbonyl (C=O) groups excluding carboxylic acids is 2. The Bertz CT molecular complexity index is 1040. The molecule has 0 aliphatic carbocycles. The first-order valence-electron chi connectivity index (χ1n) is 10.1. The summed E-state index contributed by atoms with van der Waals surface area (Å²) < 4.78 is 14.0. The molecule has 3 aromatic rings. The Morgan fingerprint density at radius 2 is 1.58 bits per heavy atom. The summed E-state index contributed by atoms with van der Waals surface area (Å²) >= 11 is 0. The van der Waals surface area contributed by atoms with Crippen LogP contribution in [0, 0.1) is 5.82 Å². The molecular weight excluding hydrogens is 393 g/mol. The van der Waals surface area contributed by atoms with Crippen LogP contribution in [0.1, 0.15) is 34.5 Å². The summed E-state index contributed by atoms with van der Waals surface area (Å²) in [6, 6.07) is 22.7. The zero-order valence-electron chi connectivity index (χ0n) is 17.6. The fourth-order valence-corrected chi connectivity index (χ4v) is 3.27. The Balaban J connectivity index is 1.62. The van der Waals surface area contributed by atoms with Gasteiger partial charge in [-0.2, -0.15) is 0 Å². The number of likely N-dealkylation sites (N-methyl/N-ethyl adjacent to an activating group) is 1. The molecule has 0 saturated carbocycles. The van der Waals surface area contributed by atoms with E-state index < -0.39 is 0 Å². The number of nitrogens with zero attached hydrogens (tertiary/aromatic N) is 1.